The molecule has 0 amide bonds. The average Bonchev–Trinajstić information content (AvgIpc) is 2.43. The molecule has 0 unspecified atom stereocenters. The van der Waals surface area contributed by atoms with E-state index in [0.717, 1.165) is 22.3 Å². The first kappa shape index (κ1) is 18.3. The SMILES string of the molecule is CC1=CC=C/C(=C\c2cc(C(C)(C)C)c(O)c(C(C)(C)C)c2)C1=O. The lowest BCUT2D eigenvalue weighted by atomic mass is 9.78. The van der Waals surface area contributed by atoms with E-state index in [4.69, 9.17) is 0 Å². The minimum Gasteiger partial charge on any atom is -0.507 e. The van der Waals surface area contributed by atoms with E-state index in [2.05, 4.69) is 41.5 Å². The van der Waals surface area contributed by atoms with Crippen LogP contribution in [-0.2, 0) is 15.6 Å². The average molecular weight is 324 g/mol. The lowest BCUT2D eigenvalue weighted by Gasteiger charge is -2.28. The van der Waals surface area contributed by atoms with Crippen molar-refractivity contribution in [3.8, 4) is 5.75 Å². The third kappa shape index (κ3) is 3.69. The Labute approximate surface area is 145 Å². The summed E-state index contributed by atoms with van der Waals surface area (Å²) >= 11 is 0. The number of aromatic hydroxyl groups is 1. The summed E-state index contributed by atoms with van der Waals surface area (Å²) in [6.07, 6.45) is 7.49. The van der Waals surface area contributed by atoms with Gasteiger partial charge in [-0.3, -0.25) is 4.79 Å². The number of hydrogen-bond acceptors (Lipinski definition) is 2. The molecule has 2 rings (SSSR count). The highest BCUT2D eigenvalue weighted by Crippen LogP contribution is 2.40. The number of allylic oxidation sites excluding steroid dienone is 5. The van der Waals surface area contributed by atoms with Gasteiger partial charge in [0.05, 0.1) is 0 Å². The van der Waals surface area contributed by atoms with Crippen LogP contribution in [0.4, 0.5) is 0 Å². The zero-order valence-electron chi connectivity index (χ0n) is 15.8. The van der Waals surface area contributed by atoms with Crippen molar-refractivity contribution in [2.24, 2.45) is 0 Å². The minimum atomic E-state index is -0.180. The Morgan fingerprint density at radius 1 is 0.958 bits per heavy atom. The Balaban J connectivity index is 2.66. The number of carbonyl (C=O) groups excluding carboxylic acids is 1. The highest BCUT2D eigenvalue weighted by molar-refractivity contribution is 6.13. The van der Waals surface area contributed by atoms with Crippen LogP contribution in [0.1, 0.15) is 65.2 Å². The van der Waals surface area contributed by atoms with E-state index < -0.39 is 0 Å². The Kier molecular flexibility index (Phi) is 4.63. The fourth-order valence-electron chi connectivity index (χ4n) is 2.85. The number of carbonyl (C=O) groups is 1. The number of rotatable bonds is 1. The normalized spacial score (nSPS) is 17.4. The van der Waals surface area contributed by atoms with Gasteiger partial charge in [-0.1, -0.05) is 59.8 Å². The van der Waals surface area contributed by atoms with Crippen LogP contribution >= 0.6 is 0 Å². The van der Waals surface area contributed by atoms with Crippen molar-refractivity contribution in [1.82, 2.24) is 0 Å². The molecule has 0 fully saturated rings. The predicted octanol–water partition coefficient (Wildman–Crippen LogP) is 5.46. The molecule has 0 saturated carbocycles. The van der Waals surface area contributed by atoms with Crippen molar-refractivity contribution >= 4 is 11.9 Å². The van der Waals surface area contributed by atoms with Gasteiger partial charge in [0.1, 0.15) is 5.75 Å². The molecule has 1 aliphatic rings. The maximum atomic E-state index is 12.3. The molecule has 2 heteroatoms. The third-order valence-electron chi connectivity index (χ3n) is 4.31. The van der Waals surface area contributed by atoms with Gasteiger partial charge >= 0.3 is 0 Å². The van der Waals surface area contributed by atoms with Gasteiger partial charge in [0, 0.05) is 16.7 Å². The van der Waals surface area contributed by atoms with Crippen molar-refractivity contribution in [3.63, 3.8) is 0 Å². The molecule has 1 aromatic rings. The Morgan fingerprint density at radius 2 is 1.46 bits per heavy atom. The highest BCUT2D eigenvalue weighted by atomic mass is 16.3. The summed E-state index contributed by atoms with van der Waals surface area (Å²) in [4.78, 5) is 12.3. The molecular formula is C22H28O2. The molecule has 1 N–H and O–H groups in total. The third-order valence-corrected chi connectivity index (χ3v) is 4.31. The molecule has 1 aromatic carbocycles. The van der Waals surface area contributed by atoms with Gasteiger partial charge in [0.25, 0.3) is 0 Å². The van der Waals surface area contributed by atoms with Crippen molar-refractivity contribution in [1.29, 1.82) is 0 Å². The lowest BCUT2D eigenvalue weighted by molar-refractivity contribution is -0.111. The first-order valence-corrected chi connectivity index (χ1v) is 8.40. The molecule has 0 aromatic heterocycles. The van der Waals surface area contributed by atoms with Crippen LogP contribution in [0.2, 0.25) is 0 Å². The summed E-state index contributed by atoms with van der Waals surface area (Å²) in [5.74, 6) is 0.416. The molecule has 0 radical (unpaired) electrons. The predicted molar refractivity (Wildman–Crippen MR) is 101 cm³/mol. The van der Waals surface area contributed by atoms with Crippen LogP contribution in [0.25, 0.3) is 6.08 Å². The second-order valence-electron chi connectivity index (χ2n) is 8.60. The van der Waals surface area contributed by atoms with Crippen molar-refractivity contribution in [2.75, 3.05) is 0 Å². The zero-order chi connectivity index (χ0) is 18.3. The summed E-state index contributed by atoms with van der Waals surface area (Å²) in [5.41, 5.74) is 3.82. The molecule has 1 aliphatic carbocycles. The van der Waals surface area contributed by atoms with Gasteiger partial charge in [-0.25, -0.2) is 0 Å². The fourth-order valence-corrected chi connectivity index (χ4v) is 2.85. The molecule has 0 spiro atoms. The van der Waals surface area contributed by atoms with Crippen LogP contribution in [-0.4, -0.2) is 10.9 Å². The summed E-state index contributed by atoms with van der Waals surface area (Å²) in [7, 11) is 0. The molecule has 24 heavy (non-hydrogen) atoms. The Hall–Kier alpha value is -2.09. The quantitative estimate of drug-likeness (QED) is 0.697. The van der Waals surface area contributed by atoms with E-state index in [9.17, 15) is 9.90 Å². The van der Waals surface area contributed by atoms with Gasteiger partial charge in [-0.05, 0) is 47.1 Å². The van der Waals surface area contributed by atoms with Crippen LogP contribution in [0.15, 0.2) is 41.5 Å². The van der Waals surface area contributed by atoms with Crippen molar-refractivity contribution < 1.29 is 9.90 Å². The topological polar surface area (TPSA) is 37.3 Å². The number of phenolic OH excluding ortho intramolecular Hbond substituents is 1. The summed E-state index contributed by atoms with van der Waals surface area (Å²) < 4.78 is 0. The van der Waals surface area contributed by atoms with E-state index in [0.29, 0.717) is 11.3 Å². The van der Waals surface area contributed by atoms with E-state index in [1.807, 2.05) is 43.4 Å². The van der Waals surface area contributed by atoms with Gasteiger partial charge in [0.2, 0.25) is 0 Å². The van der Waals surface area contributed by atoms with Gasteiger partial charge in [0.15, 0.2) is 5.78 Å². The Morgan fingerprint density at radius 3 is 1.92 bits per heavy atom. The number of phenols is 1. The van der Waals surface area contributed by atoms with Gasteiger partial charge in [-0.15, -0.1) is 0 Å². The smallest absolute Gasteiger partial charge is 0.188 e. The van der Waals surface area contributed by atoms with Crippen LogP contribution in [0, 0.1) is 0 Å². The zero-order valence-corrected chi connectivity index (χ0v) is 15.8. The number of hydrogen-bond donors (Lipinski definition) is 1. The van der Waals surface area contributed by atoms with Crippen molar-refractivity contribution in [3.05, 3.63) is 58.2 Å². The molecule has 0 bridgehead atoms. The van der Waals surface area contributed by atoms with E-state index >= 15 is 0 Å². The lowest BCUT2D eigenvalue weighted by Crippen LogP contribution is -2.17. The fraction of sp³-hybridized carbons (Fsp3) is 0.409. The second kappa shape index (κ2) is 6.08. The molecule has 128 valence electrons. The van der Waals surface area contributed by atoms with Gasteiger partial charge in [-0.2, -0.15) is 0 Å². The second-order valence-corrected chi connectivity index (χ2v) is 8.60. The van der Waals surface area contributed by atoms with Crippen LogP contribution in [0.3, 0.4) is 0 Å². The molecule has 2 nitrogen and oxygen atoms in total. The van der Waals surface area contributed by atoms with Crippen LogP contribution < -0.4 is 0 Å². The van der Waals surface area contributed by atoms with E-state index in [1.165, 1.54) is 0 Å². The number of benzene rings is 1. The van der Waals surface area contributed by atoms with Gasteiger partial charge < -0.3 is 5.11 Å². The number of ketones is 1. The standard InChI is InChI=1S/C22H28O2/c1-14-9-8-10-16(19(14)23)11-15-12-17(21(2,3)4)20(24)18(13-15)22(5,6)7/h8-13,24H,1-7H3/b16-11+. The molecule has 0 saturated heterocycles. The number of Topliss-reactive ketones (excluding diaryl/α,β-unsaturated/α-hetero) is 1. The summed E-state index contributed by atoms with van der Waals surface area (Å²) in [6, 6.07) is 3.98. The Bertz CT molecular complexity index is 725. The maximum absolute atomic E-state index is 12.3. The van der Waals surface area contributed by atoms with E-state index in [-0.39, 0.29) is 16.6 Å². The molecule has 0 heterocycles. The molecule has 0 aliphatic heterocycles. The molecule has 0 atom stereocenters. The highest BCUT2D eigenvalue weighted by Gasteiger charge is 2.26. The van der Waals surface area contributed by atoms with Crippen molar-refractivity contribution in [2.45, 2.75) is 59.3 Å². The first-order valence-electron chi connectivity index (χ1n) is 8.40. The largest absolute Gasteiger partial charge is 0.507 e. The summed E-state index contributed by atoms with van der Waals surface area (Å²) in [6.45, 7) is 14.4. The first-order chi connectivity index (χ1) is 10.9. The van der Waals surface area contributed by atoms with E-state index in [1.54, 1.807) is 0 Å². The van der Waals surface area contributed by atoms with Crippen LogP contribution in [0.5, 0.6) is 5.75 Å². The minimum absolute atomic E-state index is 0.0557. The monoisotopic (exact) mass is 324 g/mol. The summed E-state index contributed by atoms with van der Waals surface area (Å²) in [5, 5.41) is 10.8. The maximum Gasteiger partial charge on any atom is 0.188 e. The molecular weight excluding hydrogens is 296 g/mol.